The molecule has 0 radical (unpaired) electrons. The summed E-state index contributed by atoms with van der Waals surface area (Å²) in [4.78, 5) is 37.5. The number of rotatable bonds is 3. The van der Waals surface area contributed by atoms with Gasteiger partial charge in [0.2, 0.25) is 5.96 Å². The number of ether oxygens (including phenoxy) is 2. The van der Waals surface area contributed by atoms with Crippen LogP contribution in [-0.2, 0) is 16.0 Å². The van der Waals surface area contributed by atoms with E-state index >= 15 is 0 Å². The molecule has 2 heterocycles. The van der Waals surface area contributed by atoms with Crippen LogP contribution in [-0.4, -0.2) is 50.4 Å². The van der Waals surface area contributed by atoms with E-state index in [1.807, 2.05) is 35.8 Å². The number of nitrogens with two attached hydrogens (primary N) is 1. The minimum atomic E-state index is -0.842. The van der Waals surface area contributed by atoms with Gasteiger partial charge >= 0.3 is 12.2 Å². The van der Waals surface area contributed by atoms with Crippen molar-refractivity contribution in [3.63, 3.8) is 0 Å². The number of imidazole rings is 1. The van der Waals surface area contributed by atoms with Crippen LogP contribution in [0.1, 0.15) is 47.4 Å². The highest BCUT2D eigenvalue weighted by Crippen LogP contribution is 2.28. The van der Waals surface area contributed by atoms with Gasteiger partial charge in [-0.2, -0.15) is 0 Å². The van der Waals surface area contributed by atoms with Crippen molar-refractivity contribution >= 4 is 45.9 Å². The predicted molar refractivity (Wildman–Crippen MR) is 135 cm³/mol. The summed E-state index contributed by atoms with van der Waals surface area (Å²) in [5.41, 5.74) is 6.95. The maximum absolute atomic E-state index is 12.3. The van der Waals surface area contributed by atoms with Crippen LogP contribution < -0.4 is 16.4 Å². The molecule has 11 heteroatoms. The lowest BCUT2D eigenvalue weighted by molar-refractivity contribution is 0.0560. The van der Waals surface area contributed by atoms with Gasteiger partial charge in [-0.1, -0.05) is 18.2 Å². The average Bonchev–Trinajstić information content (AvgIpc) is 3.02. The van der Waals surface area contributed by atoms with Gasteiger partial charge in [0.1, 0.15) is 22.5 Å². The minimum Gasteiger partial charge on any atom is -0.444 e. The Balaban J connectivity index is 1.84. The van der Waals surface area contributed by atoms with E-state index < -0.39 is 23.4 Å². The van der Waals surface area contributed by atoms with E-state index in [0.717, 1.165) is 22.2 Å². The van der Waals surface area contributed by atoms with Crippen LogP contribution in [0.2, 0.25) is 0 Å². The predicted octanol–water partition coefficient (Wildman–Crippen LogP) is 3.88. The molecule has 0 atom stereocenters. The number of carbonyl (C=O) groups is 2. The van der Waals surface area contributed by atoms with Gasteiger partial charge in [0.05, 0.1) is 11.0 Å². The fourth-order valence-electron chi connectivity index (χ4n) is 3.42. The number of aryl methyl sites for hydroxylation is 1. The quantitative estimate of drug-likeness (QED) is 0.376. The number of aliphatic imine (C=N–C) groups is 1. The topological polar surface area (TPSA) is 146 Å². The highest BCUT2D eigenvalue weighted by molar-refractivity contribution is 6.06. The number of carbonyl (C=O) groups excluding carboxylic acids is 2. The second kappa shape index (κ2) is 9.77. The summed E-state index contributed by atoms with van der Waals surface area (Å²) in [6.07, 6.45) is -1.59. The molecule has 2 amide bonds. The average molecular weight is 484 g/mol. The summed E-state index contributed by atoms with van der Waals surface area (Å²) in [5.74, 6) is 1.02. The maximum atomic E-state index is 12.3. The summed E-state index contributed by atoms with van der Waals surface area (Å²) < 4.78 is 12.5. The van der Waals surface area contributed by atoms with Crippen molar-refractivity contribution in [1.29, 1.82) is 0 Å². The van der Waals surface area contributed by atoms with E-state index in [0.29, 0.717) is 24.4 Å². The number of nitrogen functional groups attached to an aromatic ring is 1. The largest absolute Gasteiger partial charge is 0.444 e. The van der Waals surface area contributed by atoms with E-state index in [1.54, 1.807) is 41.5 Å². The van der Waals surface area contributed by atoms with Crippen LogP contribution in [0.4, 0.5) is 15.4 Å². The van der Waals surface area contributed by atoms with Crippen molar-refractivity contribution in [2.45, 2.75) is 66.2 Å². The normalized spacial score (nSPS) is 12.6. The van der Waals surface area contributed by atoms with E-state index in [-0.39, 0.29) is 5.96 Å². The molecule has 3 aromatic rings. The molecule has 1 aromatic carbocycles. The second-order valence-electron chi connectivity index (χ2n) is 10.0. The van der Waals surface area contributed by atoms with E-state index in [2.05, 4.69) is 25.6 Å². The maximum Gasteiger partial charge on any atom is 0.437 e. The number of para-hydroxylation sites is 1. The second-order valence-corrected chi connectivity index (χ2v) is 10.0. The molecule has 0 bridgehead atoms. The fourth-order valence-corrected chi connectivity index (χ4v) is 3.42. The molecule has 0 saturated heterocycles. The molecule has 0 aliphatic carbocycles. The van der Waals surface area contributed by atoms with Crippen molar-refractivity contribution in [3.05, 3.63) is 30.1 Å². The van der Waals surface area contributed by atoms with E-state index in [4.69, 9.17) is 15.2 Å². The van der Waals surface area contributed by atoms with Gasteiger partial charge in [-0.15, -0.1) is 4.99 Å². The summed E-state index contributed by atoms with van der Waals surface area (Å²) >= 11 is 0. The van der Waals surface area contributed by atoms with Crippen LogP contribution >= 0.6 is 0 Å². The van der Waals surface area contributed by atoms with Crippen molar-refractivity contribution in [3.8, 4) is 0 Å². The lowest BCUT2D eigenvalue weighted by Crippen LogP contribution is -2.45. The highest BCUT2D eigenvalue weighted by Gasteiger charge is 2.21. The molecule has 0 saturated carbocycles. The first-order valence-corrected chi connectivity index (χ1v) is 11.3. The Hall–Kier alpha value is -3.89. The number of anilines is 1. The lowest BCUT2D eigenvalue weighted by Gasteiger charge is -2.21. The first-order valence-electron chi connectivity index (χ1n) is 11.3. The van der Waals surface area contributed by atoms with Crippen molar-refractivity contribution in [2.75, 3.05) is 12.3 Å². The molecule has 0 fully saturated rings. The minimum absolute atomic E-state index is 0.0818. The van der Waals surface area contributed by atoms with E-state index in [9.17, 15) is 9.59 Å². The first-order chi connectivity index (χ1) is 16.2. The molecule has 11 nitrogen and oxygen atoms in total. The van der Waals surface area contributed by atoms with Crippen LogP contribution in [0.15, 0.2) is 29.3 Å². The number of nitrogens with one attached hydrogen (secondary N) is 2. The number of benzene rings is 1. The van der Waals surface area contributed by atoms with Crippen LogP contribution in [0.3, 0.4) is 0 Å². The number of guanidine groups is 1. The first kappa shape index (κ1) is 25.7. The summed E-state index contributed by atoms with van der Waals surface area (Å²) in [7, 11) is 0. The number of hydrogen-bond acceptors (Lipinski definition) is 7. The number of pyridine rings is 1. The summed E-state index contributed by atoms with van der Waals surface area (Å²) in [6.45, 7) is 13.0. The Kier molecular flexibility index (Phi) is 7.18. The van der Waals surface area contributed by atoms with Crippen LogP contribution in [0, 0.1) is 6.92 Å². The SMILES string of the molecule is Cc1nc2c(N)nc3ccccc3c2n1CCNC(=NC(=O)OC(C)(C)C)NC(=O)OC(C)(C)C. The van der Waals surface area contributed by atoms with E-state index in [1.165, 1.54) is 0 Å². The van der Waals surface area contributed by atoms with Gasteiger partial charge in [0, 0.05) is 18.5 Å². The smallest absolute Gasteiger partial charge is 0.437 e. The van der Waals surface area contributed by atoms with Crippen molar-refractivity contribution in [1.82, 2.24) is 25.2 Å². The van der Waals surface area contributed by atoms with Crippen LogP contribution in [0.5, 0.6) is 0 Å². The third kappa shape index (κ3) is 6.81. The number of aromatic nitrogens is 3. The Bertz CT molecular complexity index is 1280. The Morgan fingerprint density at radius 3 is 2.37 bits per heavy atom. The number of fused-ring (bicyclic) bond motifs is 3. The zero-order valence-corrected chi connectivity index (χ0v) is 21.2. The summed E-state index contributed by atoms with van der Waals surface area (Å²) in [5, 5.41) is 6.39. The highest BCUT2D eigenvalue weighted by atomic mass is 16.6. The number of alkyl carbamates (subject to hydrolysis) is 1. The Morgan fingerprint density at radius 2 is 1.71 bits per heavy atom. The third-order valence-electron chi connectivity index (χ3n) is 4.64. The lowest BCUT2D eigenvalue weighted by atomic mass is 10.2. The van der Waals surface area contributed by atoms with Crippen LogP contribution in [0.25, 0.3) is 21.9 Å². The molecule has 35 heavy (non-hydrogen) atoms. The molecule has 3 rings (SSSR count). The number of amides is 2. The standard InChI is InChI=1S/C24H33N7O4/c1-14-27-17-18(15-10-8-9-11-16(15)28-19(17)25)31(14)13-12-26-20(29-21(32)34-23(2,3)4)30-22(33)35-24(5,6)7/h8-11H,12-13H2,1-7H3,(H2,25,28)(H2,26,29,30,32,33). The van der Waals surface area contributed by atoms with Crippen molar-refractivity contribution < 1.29 is 19.1 Å². The van der Waals surface area contributed by atoms with Gasteiger partial charge in [0.25, 0.3) is 0 Å². The molecule has 188 valence electrons. The third-order valence-corrected chi connectivity index (χ3v) is 4.64. The summed E-state index contributed by atoms with van der Waals surface area (Å²) in [6, 6.07) is 7.69. The van der Waals surface area contributed by atoms with Gasteiger partial charge in [0.15, 0.2) is 5.82 Å². The Morgan fingerprint density at radius 1 is 1.06 bits per heavy atom. The molecule has 4 N–H and O–H groups in total. The number of nitrogens with zero attached hydrogens (tertiary/aromatic N) is 4. The zero-order valence-electron chi connectivity index (χ0n) is 21.2. The molecule has 0 spiro atoms. The van der Waals surface area contributed by atoms with Gasteiger partial charge in [-0.25, -0.2) is 19.6 Å². The molecule has 0 unspecified atom stereocenters. The van der Waals surface area contributed by atoms with Gasteiger partial charge < -0.3 is 25.1 Å². The Labute approximate surface area is 204 Å². The zero-order chi connectivity index (χ0) is 26.0. The molecule has 2 aromatic heterocycles. The van der Waals surface area contributed by atoms with Crippen molar-refractivity contribution in [2.24, 2.45) is 4.99 Å². The number of hydrogen-bond donors (Lipinski definition) is 3. The molecular formula is C24H33N7O4. The van der Waals surface area contributed by atoms with Gasteiger partial charge in [-0.05, 0) is 54.5 Å². The fraction of sp³-hybridized carbons (Fsp3) is 0.458. The molecular weight excluding hydrogens is 450 g/mol. The monoisotopic (exact) mass is 483 g/mol. The molecule has 0 aliphatic heterocycles. The van der Waals surface area contributed by atoms with Gasteiger partial charge in [-0.3, -0.25) is 5.32 Å². The molecule has 0 aliphatic rings.